The lowest BCUT2D eigenvalue weighted by molar-refractivity contribution is 0.528. The summed E-state index contributed by atoms with van der Waals surface area (Å²) in [6, 6.07) is 15.7. The Hall–Kier alpha value is -1.12. The molecule has 0 aromatic heterocycles. The van der Waals surface area contributed by atoms with Crippen LogP contribution in [0.15, 0.2) is 46.9 Å². The van der Waals surface area contributed by atoms with Gasteiger partial charge in [-0.05, 0) is 61.6 Å². The number of benzene rings is 2. The minimum Gasteiger partial charge on any atom is -0.310 e. The van der Waals surface area contributed by atoms with Crippen LogP contribution < -0.4 is 5.32 Å². The van der Waals surface area contributed by atoms with Crippen molar-refractivity contribution in [2.75, 3.05) is 6.54 Å². The van der Waals surface area contributed by atoms with Crippen molar-refractivity contribution in [3.63, 3.8) is 0 Å². The van der Waals surface area contributed by atoms with Crippen molar-refractivity contribution in [1.82, 2.24) is 5.32 Å². The second-order valence-corrected chi connectivity index (χ2v) is 6.50. The number of aryl methyl sites for hydroxylation is 2. The van der Waals surface area contributed by atoms with Crippen molar-refractivity contribution in [3.8, 4) is 0 Å². The van der Waals surface area contributed by atoms with E-state index >= 15 is 0 Å². The van der Waals surface area contributed by atoms with Gasteiger partial charge in [-0.3, -0.25) is 0 Å². The highest BCUT2D eigenvalue weighted by molar-refractivity contribution is 9.10. The average molecular weight is 346 g/mol. The third kappa shape index (κ3) is 4.42. The van der Waals surface area contributed by atoms with E-state index in [2.05, 4.69) is 84.5 Å². The zero-order valence-corrected chi connectivity index (χ0v) is 14.7. The molecule has 0 aliphatic heterocycles. The first-order valence-corrected chi connectivity index (χ1v) is 8.45. The van der Waals surface area contributed by atoms with E-state index < -0.39 is 0 Å². The average Bonchev–Trinajstić information content (AvgIpc) is 2.48. The molecule has 2 heteroatoms. The Morgan fingerprint density at radius 2 is 1.81 bits per heavy atom. The quantitative estimate of drug-likeness (QED) is 0.743. The molecule has 21 heavy (non-hydrogen) atoms. The van der Waals surface area contributed by atoms with Gasteiger partial charge in [0.1, 0.15) is 0 Å². The predicted molar refractivity (Wildman–Crippen MR) is 94.8 cm³/mol. The maximum Gasteiger partial charge on any atom is 0.0361 e. The molecule has 0 radical (unpaired) electrons. The molecule has 0 bridgehead atoms. The normalized spacial score (nSPS) is 12.4. The molecule has 1 atom stereocenters. The zero-order chi connectivity index (χ0) is 15.2. The molecule has 2 aromatic rings. The Morgan fingerprint density at radius 1 is 1.05 bits per heavy atom. The van der Waals surface area contributed by atoms with Gasteiger partial charge in [0.2, 0.25) is 0 Å². The molecule has 0 saturated carbocycles. The molecule has 0 spiro atoms. The first-order chi connectivity index (χ1) is 10.1. The van der Waals surface area contributed by atoms with E-state index in [4.69, 9.17) is 0 Å². The summed E-state index contributed by atoms with van der Waals surface area (Å²) >= 11 is 3.66. The van der Waals surface area contributed by atoms with Gasteiger partial charge in [-0.25, -0.2) is 0 Å². The summed E-state index contributed by atoms with van der Waals surface area (Å²) in [6.45, 7) is 7.61. The fourth-order valence-corrected chi connectivity index (χ4v) is 2.94. The van der Waals surface area contributed by atoms with E-state index in [0.29, 0.717) is 6.04 Å². The maximum atomic E-state index is 3.69. The van der Waals surface area contributed by atoms with Crippen LogP contribution in [-0.2, 0) is 6.42 Å². The first-order valence-electron chi connectivity index (χ1n) is 7.65. The van der Waals surface area contributed by atoms with Crippen LogP contribution in [0.5, 0.6) is 0 Å². The Labute approximate surface area is 136 Å². The summed E-state index contributed by atoms with van der Waals surface area (Å²) < 4.78 is 1.19. The Balaban J connectivity index is 2.25. The molecular weight excluding hydrogens is 322 g/mol. The topological polar surface area (TPSA) is 12.0 Å². The standard InChI is InChI=1S/C19H24BrN/c1-4-11-21-19(13-16-7-5-6-8-18(16)20)17-10-9-14(2)15(3)12-17/h5-10,12,19,21H,4,11,13H2,1-3H3. The minimum absolute atomic E-state index is 0.364. The maximum absolute atomic E-state index is 3.69. The molecule has 112 valence electrons. The van der Waals surface area contributed by atoms with E-state index in [-0.39, 0.29) is 0 Å². The summed E-state index contributed by atoms with van der Waals surface area (Å²) in [4.78, 5) is 0. The van der Waals surface area contributed by atoms with Crippen molar-refractivity contribution in [1.29, 1.82) is 0 Å². The van der Waals surface area contributed by atoms with Gasteiger partial charge in [-0.1, -0.05) is 59.3 Å². The lowest BCUT2D eigenvalue weighted by atomic mass is 9.96. The third-order valence-corrected chi connectivity index (χ3v) is 4.73. The largest absolute Gasteiger partial charge is 0.310 e. The molecule has 0 saturated heterocycles. The van der Waals surface area contributed by atoms with Crippen LogP contribution in [0.2, 0.25) is 0 Å². The van der Waals surface area contributed by atoms with Crippen LogP contribution in [0, 0.1) is 13.8 Å². The summed E-state index contributed by atoms with van der Waals surface area (Å²) in [6.07, 6.45) is 2.15. The summed E-state index contributed by atoms with van der Waals surface area (Å²) in [7, 11) is 0. The van der Waals surface area contributed by atoms with E-state index in [0.717, 1.165) is 19.4 Å². The molecule has 0 heterocycles. The first kappa shape index (κ1) is 16.3. The van der Waals surface area contributed by atoms with Gasteiger partial charge in [-0.15, -0.1) is 0 Å². The van der Waals surface area contributed by atoms with Gasteiger partial charge in [0.15, 0.2) is 0 Å². The fourth-order valence-electron chi connectivity index (χ4n) is 2.49. The second-order valence-electron chi connectivity index (χ2n) is 5.65. The van der Waals surface area contributed by atoms with Gasteiger partial charge in [0.25, 0.3) is 0 Å². The summed E-state index contributed by atoms with van der Waals surface area (Å²) in [5.41, 5.74) is 5.45. The highest BCUT2D eigenvalue weighted by Crippen LogP contribution is 2.25. The highest BCUT2D eigenvalue weighted by atomic mass is 79.9. The smallest absolute Gasteiger partial charge is 0.0361 e. The molecule has 1 N–H and O–H groups in total. The number of hydrogen-bond acceptors (Lipinski definition) is 1. The van der Waals surface area contributed by atoms with E-state index in [1.165, 1.54) is 26.7 Å². The highest BCUT2D eigenvalue weighted by Gasteiger charge is 2.13. The van der Waals surface area contributed by atoms with Crippen molar-refractivity contribution in [2.45, 2.75) is 39.7 Å². The van der Waals surface area contributed by atoms with Crippen LogP contribution in [0.25, 0.3) is 0 Å². The molecule has 2 rings (SSSR count). The fraction of sp³-hybridized carbons (Fsp3) is 0.368. The summed E-state index contributed by atoms with van der Waals surface area (Å²) in [5, 5.41) is 3.69. The molecule has 0 aliphatic carbocycles. The SMILES string of the molecule is CCCNC(Cc1ccccc1Br)c1ccc(C)c(C)c1. The summed E-state index contributed by atoms with van der Waals surface area (Å²) in [5.74, 6) is 0. The molecular formula is C19H24BrN. The van der Waals surface area contributed by atoms with Crippen LogP contribution in [0.1, 0.15) is 41.6 Å². The van der Waals surface area contributed by atoms with Crippen LogP contribution in [-0.4, -0.2) is 6.54 Å². The zero-order valence-electron chi connectivity index (χ0n) is 13.1. The third-order valence-electron chi connectivity index (χ3n) is 3.96. The molecule has 1 unspecified atom stereocenters. The second kappa shape index (κ2) is 7.77. The lowest BCUT2D eigenvalue weighted by Crippen LogP contribution is -2.24. The Kier molecular flexibility index (Phi) is 6.01. The number of hydrogen-bond donors (Lipinski definition) is 1. The lowest BCUT2D eigenvalue weighted by Gasteiger charge is -2.21. The minimum atomic E-state index is 0.364. The Bertz CT molecular complexity index is 592. The molecule has 0 fully saturated rings. The van der Waals surface area contributed by atoms with Crippen molar-refractivity contribution >= 4 is 15.9 Å². The van der Waals surface area contributed by atoms with E-state index in [1.54, 1.807) is 0 Å². The van der Waals surface area contributed by atoms with Gasteiger partial charge in [-0.2, -0.15) is 0 Å². The van der Waals surface area contributed by atoms with Gasteiger partial charge in [0, 0.05) is 10.5 Å². The molecule has 0 aliphatic rings. The predicted octanol–water partition coefficient (Wildman–Crippen LogP) is 5.35. The van der Waals surface area contributed by atoms with Gasteiger partial charge in [0.05, 0.1) is 0 Å². The number of nitrogens with one attached hydrogen (secondary N) is 1. The van der Waals surface area contributed by atoms with Gasteiger partial charge >= 0.3 is 0 Å². The number of rotatable bonds is 6. The monoisotopic (exact) mass is 345 g/mol. The van der Waals surface area contributed by atoms with Crippen molar-refractivity contribution < 1.29 is 0 Å². The van der Waals surface area contributed by atoms with E-state index in [1.807, 2.05) is 0 Å². The van der Waals surface area contributed by atoms with Crippen molar-refractivity contribution in [3.05, 3.63) is 69.2 Å². The van der Waals surface area contributed by atoms with Crippen LogP contribution in [0.3, 0.4) is 0 Å². The molecule has 1 nitrogen and oxygen atoms in total. The Morgan fingerprint density at radius 3 is 2.48 bits per heavy atom. The molecule has 0 amide bonds. The number of halogens is 1. The van der Waals surface area contributed by atoms with Crippen LogP contribution in [0.4, 0.5) is 0 Å². The van der Waals surface area contributed by atoms with Gasteiger partial charge < -0.3 is 5.32 Å². The molecule has 2 aromatic carbocycles. The van der Waals surface area contributed by atoms with Crippen LogP contribution >= 0.6 is 15.9 Å². The van der Waals surface area contributed by atoms with E-state index in [9.17, 15) is 0 Å². The van der Waals surface area contributed by atoms with Crippen molar-refractivity contribution in [2.24, 2.45) is 0 Å².